The van der Waals surface area contributed by atoms with Crippen LogP contribution in [0.5, 0.6) is 0 Å². The molecule has 0 saturated heterocycles. The van der Waals surface area contributed by atoms with E-state index in [0.717, 1.165) is 17.7 Å². The van der Waals surface area contributed by atoms with E-state index in [4.69, 9.17) is 23.2 Å². The first-order chi connectivity index (χ1) is 11.6. The number of hydrogen-bond acceptors (Lipinski definition) is 3. The Bertz CT molecular complexity index is 775. The van der Waals surface area contributed by atoms with Crippen LogP contribution >= 0.6 is 34.5 Å². The maximum absolute atomic E-state index is 12.0. The number of carbonyl (C=O) groups is 1. The molecular weight excluding hydrogens is 365 g/mol. The molecule has 2 saturated carbocycles. The minimum atomic E-state index is -0.165. The summed E-state index contributed by atoms with van der Waals surface area (Å²) in [5.74, 6) is 0.898. The summed E-state index contributed by atoms with van der Waals surface area (Å²) in [6, 6.07) is 5.57. The number of nitrogens with zero attached hydrogens (tertiary/aromatic N) is 1. The van der Waals surface area contributed by atoms with E-state index in [9.17, 15) is 4.79 Å². The largest absolute Gasteiger partial charge is 0.335 e. The lowest BCUT2D eigenvalue weighted by atomic mass is 10.1. The lowest BCUT2D eigenvalue weighted by Gasteiger charge is -2.08. The molecule has 1 aromatic heterocycles. The monoisotopic (exact) mass is 381 g/mol. The van der Waals surface area contributed by atoms with Crippen LogP contribution in [0.4, 0.5) is 4.79 Å². The molecule has 1 aromatic carbocycles. The first-order valence-electron chi connectivity index (χ1n) is 8.04. The zero-order chi connectivity index (χ0) is 16.7. The van der Waals surface area contributed by atoms with Crippen molar-refractivity contribution >= 4 is 40.6 Å². The molecule has 2 aromatic rings. The average molecular weight is 382 g/mol. The zero-order valence-electron chi connectivity index (χ0n) is 12.9. The third-order valence-electron chi connectivity index (χ3n) is 4.41. The van der Waals surface area contributed by atoms with E-state index in [0.29, 0.717) is 22.5 Å². The highest BCUT2D eigenvalue weighted by Crippen LogP contribution is 2.45. The van der Waals surface area contributed by atoms with E-state index in [2.05, 4.69) is 15.6 Å². The second-order valence-corrected chi connectivity index (χ2v) is 8.04. The number of carbonyl (C=O) groups excluding carboxylic acids is 1. The van der Waals surface area contributed by atoms with E-state index < -0.39 is 0 Å². The van der Waals surface area contributed by atoms with Crippen LogP contribution in [0.15, 0.2) is 23.6 Å². The van der Waals surface area contributed by atoms with Gasteiger partial charge in [-0.1, -0.05) is 35.3 Å². The Morgan fingerprint density at radius 3 is 2.96 bits per heavy atom. The van der Waals surface area contributed by atoms with Crippen molar-refractivity contribution in [3.63, 3.8) is 0 Å². The van der Waals surface area contributed by atoms with Gasteiger partial charge in [-0.3, -0.25) is 0 Å². The van der Waals surface area contributed by atoms with Crippen molar-refractivity contribution in [1.29, 1.82) is 0 Å². The Morgan fingerprint density at radius 1 is 1.33 bits per heavy atom. The summed E-state index contributed by atoms with van der Waals surface area (Å²) in [6.07, 6.45) is 3.38. The smallest absolute Gasteiger partial charge is 0.315 e. The highest BCUT2D eigenvalue weighted by atomic mass is 35.5. The molecule has 2 fully saturated rings. The Balaban J connectivity index is 1.27. The molecule has 24 heavy (non-hydrogen) atoms. The van der Waals surface area contributed by atoms with E-state index >= 15 is 0 Å². The van der Waals surface area contributed by atoms with Gasteiger partial charge in [0.05, 0.1) is 27.3 Å². The lowest BCUT2D eigenvalue weighted by Crippen LogP contribution is -2.37. The quantitative estimate of drug-likeness (QED) is 0.789. The number of nitrogens with one attached hydrogen (secondary N) is 2. The predicted octanol–water partition coefficient (Wildman–Crippen LogP) is 4.68. The van der Waals surface area contributed by atoms with Crippen molar-refractivity contribution in [2.75, 3.05) is 0 Å². The summed E-state index contributed by atoms with van der Waals surface area (Å²) < 4.78 is 0. The Morgan fingerprint density at radius 2 is 2.17 bits per heavy atom. The lowest BCUT2D eigenvalue weighted by molar-refractivity contribution is 0.240. The maximum atomic E-state index is 12.0. The van der Waals surface area contributed by atoms with Crippen molar-refractivity contribution in [2.45, 2.75) is 43.7 Å². The molecule has 2 unspecified atom stereocenters. The maximum Gasteiger partial charge on any atom is 0.315 e. The van der Waals surface area contributed by atoms with Gasteiger partial charge in [0.1, 0.15) is 0 Å². The fourth-order valence-corrected chi connectivity index (χ4v) is 4.26. The third-order valence-corrected chi connectivity index (χ3v) is 6.30. The molecule has 0 aliphatic heterocycles. The number of urea groups is 1. The molecule has 2 aliphatic carbocycles. The highest BCUT2D eigenvalue weighted by Gasteiger charge is 2.41. The fourth-order valence-electron chi connectivity index (χ4n) is 2.82. The van der Waals surface area contributed by atoms with Gasteiger partial charge in [0.2, 0.25) is 0 Å². The van der Waals surface area contributed by atoms with Gasteiger partial charge in [0.25, 0.3) is 0 Å². The third kappa shape index (κ3) is 3.53. The number of rotatable bonds is 5. The molecular formula is C17H17Cl2N3OS. The standard InChI is InChI=1S/C17H17Cl2N3OS/c18-13-3-1-2-11(15(13)19)12-6-14(12)22-17(23)20-7-10-8-24-16(21-10)9-4-5-9/h1-3,8-9,12,14H,4-7H2,(H2,20,22,23). The summed E-state index contributed by atoms with van der Waals surface area (Å²) >= 11 is 14.0. The molecule has 126 valence electrons. The van der Waals surface area contributed by atoms with Gasteiger partial charge in [-0.15, -0.1) is 11.3 Å². The molecule has 2 aliphatic rings. The van der Waals surface area contributed by atoms with Gasteiger partial charge in [0, 0.05) is 23.3 Å². The van der Waals surface area contributed by atoms with Gasteiger partial charge in [-0.2, -0.15) is 0 Å². The van der Waals surface area contributed by atoms with E-state index in [1.807, 2.05) is 17.5 Å². The van der Waals surface area contributed by atoms with Crippen LogP contribution in [0.3, 0.4) is 0 Å². The number of benzene rings is 1. The predicted molar refractivity (Wildman–Crippen MR) is 97.1 cm³/mol. The number of thiazole rings is 1. The summed E-state index contributed by atoms with van der Waals surface area (Å²) in [5, 5.41) is 10.2. The Kier molecular flexibility index (Phi) is 4.41. The van der Waals surface area contributed by atoms with Crippen LogP contribution in [0, 0.1) is 0 Å². The van der Waals surface area contributed by atoms with Crippen LogP contribution in [0.1, 0.15) is 47.4 Å². The molecule has 2 atom stereocenters. The van der Waals surface area contributed by atoms with E-state index in [-0.39, 0.29) is 18.0 Å². The van der Waals surface area contributed by atoms with Crippen molar-refractivity contribution in [2.24, 2.45) is 0 Å². The molecule has 1 heterocycles. The van der Waals surface area contributed by atoms with Crippen molar-refractivity contribution < 1.29 is 4.79 Å². The van der Waals surface area contributed by atoms with Crippen LogP contribution in [-0.2, 0) is 6.54 Å². The van der Waals surface area contributed by atoms with E-state index in [1.54, 1.807) is 17.4 Å². The molecule has 0 bridgehead atoms. The summed E-state index contributed by atoms with van der Waals surface area (Å²) in [7, 11) is 0. The second-order valence-electron chi connectivity index (χ2n) is 6.37. The normalized spacial score (nSPS) is 22.2. The molecule has 4 rings (SSSR count). The van der Waals surface area contributed by atoms with E-state index in [1.165, 1.54) is 17.8 Å². The topological polar surface area (TPSA) is 54.0 Å². The average Bonchev–Trinajstić information content (AvgIpc) is 3.49. The summed E-state index contributed by atoms with van der Waals surface area (Å²) in [5.41, 5.74) is 1.94. The summed E-state index contributed by atoms with van der Waals surface area (Å²) in [6.45, 7) is 0.463. The molecule has 2 N–H and O–H groups in total. The first-order valence-corrected chi connectivity index (χ1v) is 9.68. The minimum Gasteiger partial charge on any atom is -0.335 e. The van der Waals surface area contributed by atoms with Crippen molar-refractivity contribution in [3.05, 3.63) is 49.9 Å². The minimum absolute atomic E-state index is 0.110. The Hall–Kier alpha value is -1.30. The van der Waals surface area contributed by atoms with Gasteiger partial charge in [-0.25, -0.2) is 9.78 Å². The number of amides is 2. The van der Waals surface area contributed by atoms with Gasteiger partial charge in [-0.05, 0) is 30.9 Å². The summed E-state index contributed by atoms with van der Waals surface area (Å²) in [4.78, 5) is 16.6. The molecule has 0 radical (unpaired) electrons. The zero-order valence-corrected chi connectivity index (χ0v) is 15.2. The van der Waals surface area contributed by atoms with Gasteiger partial charge >= 0.3 is 6.03 Å². The van der Waals surface area contributed by atoms with Gasteiger partial charge in [0.15, 0.2) is 0 Å². The highest BCUT2D eigenvalue weighted by molar-refractivity contribution is 7.09. The molecule has 4 nitrogen and oxygen atoms in total. The number of hydrogen-bond donors (Lipinski definition) is 2. The van der Waals surface area contributed by atoms with Crippen LogP contribution in [0.25, 0.3) is 0 Å². The molecule has 0 spiro atoms. The van der Waals surface area contributed by atoms with Crippen LogP contribution in [0.2, 0.25) is 10.0 Å². The molecule has 2 amide bonds. The van der Waals surface area contributed by atoms with Crippen molar-refractivity contribution in [1.82, 2.24) is 15.6 Å². The van der Waals surface area contributed by atoms with Crippen LogP contribution in [-0.4, -0.2) is 17.1 Å². The second kappa shape index (κ2) is 6.54. The van der Waals surface area contributed by atoms with Gasteiger partial charge < -0.3 is 10.6 Å². The van der Waals surface area contributed by atoms with Crippen molar-refractivity contribution in [3.8, 4) is 0 Å². The fraction of sp³-hybridized carbons (Fsp3) is 0.412. The SMILES string of the molecule is O=C(NCc1csc(C2CC2)n1)NC1CC1c1cccc(Cl)c1Cl. The number of aromatic nitrogens is 1. The molecule has 7 heteroatoms. The number of halogens is 2. The Labute approximate surface area is 154 Å². The van der Waals surface area contributed by atoms with Crippen LogP contribution < -0.4 is 10.6 Å². The first kappa shape index (κ1) is 16.2.